The minimum Gasteiger partial charge on any atom is -0.478 e. The van der Waals surface area contributed by atoms with Gasteiger partial charge in [0.05, 0.1) is 12.1 Å². The van der Waals surface area contributed by atoms with E-state index in [1.165, 1.54) is 12.4 Å². The van der Waals surface area contributed by atoms with Gasteiger partial charge in [0.1, 0.15) is 11.2 Å². The number of imide groups is 1. The Hall–Kier alpha value is -4.60. The number of carboxylic acids is 1. The molecule has 2 aliphatic heterocycles. The smallest absolute Gasteiger partial charge is 0.420 e. The number of carbonyl (C=O) groups is 4. The van der Waals surface area contributed by atoms with Gasteiger partial charge in [-0.25, -0.2) is 39.2 Å². The molecule has 2 aromatic rings. The summed E-state index contributed by atoms with van der Waals surface area (Å²) in [4.78, 5) is 76.0. The average molecular weight is 670 g/mol. The van der Waals surface area contributed by atoms with Gasteiger partial charge in [-0.3, -0.25) is 9.69 Å². The summed E-state index contributed by atoms with van der Waals surface area (Å²) < 4.78 is 10.8. The highest BCUT2D eigenvalue weighted by Gasteiger charge is 2.32. The first-order chi connectivity index (χ1) is 22.6. The van der Waals surface area contributed by atoms with Gasteiger partial charge in [0, 0.05) is 89.1 Å². The molecule has 1 N–H and O–H groups in total. The molecule has 0 aliphatic carbocycles. The molecule has 4 rings (SSSR count). The highest BCUT2D eigenvalue weighted by Crippen LogP contribution is 2.19. The number of hydrogen-bond acceptors (Lipinski definition) is 13. The number of nitrogens with zero attached hydrogens (tertiary/aromatic N) is 9. The number of aromatic carboxylic acids is 1. The molecule has 0 unspecified atom stereocenters. The van der Waals surface area contributed by atoms with Gasteiger partial charge in [-0.2, -0.15) is 0 Å². The Kier molecular flexibility index (Phi) is 11.7. The van der Waals surface area contributed by atoms with Gasteiger partial charge in [0.15, 0.2) is 0 Å². The van der Waals surface area contributed by atoms with Crippen LogP contribution in [0.25, 0.3) is 0 Å². The van der Waals surface area contributed by atoms with Gasteiger partial charge < -0.3 is 29.3 Å². The lowest BCUT2D eigenvalue weighted by Gasteiger charge is -2.36. The number of piperazine rings is 2. The maximum absolute atomic E-state index is 12.9. The summed E-state index contributed by atoms with van der Waals surface area (Å²) in [7, 11) is 0. The maximum atomic E-state index is 12.9. The van der Waals surface area contributed by atoms with E-state index in [1.807, 2.05) is 14.7 Å². The number of amides is 3. The third kappa shape index (κ3) is 10.7. The van der Waals surface area contributed by atoms with Crippen molar-refractivity contribution in [2.75, 3.05) is 68.7 Å². The first-order valence-electron chi connectivity index (χ1n) is 16.2. The minimum atomic E-state index is -1.05. The number of carbonyl (C=O) groups excluding carboxylic acids is 3. The molecule has 0 saturated carbocycles. The van der Waals surface area contributed by atoms with Crippen LogP contribution in [0, 0.1) is 0 Å². The van der Waals surface area contributed by atoms with Crippen molar-refractivity contribution < 1.29 is 33.8 Å². The van der Waals surface area contributed by atoms with Gasteiger partial charge in [-0.05, 0) is 54.5 Å². The summed E-state index contributed by atoms with van der Waals surface area (Å²) in [5.41, 5.74) is -0.993. The highest BCUT2D eigenvalue weighted by atomic mass is 16.6. The van der Waals surface area contributed by atoms with E-state index < -0.39 is 29.4 Å². The second kappa shape index (κ2) is 15.5. The summed E-state index contributed by atoms with van der Waals surface area (Å²) in [5, 5.41) is 9.03. The Morgan fingerprint density at radius 3 is 1.65 bits per heavy atom. The molecule has 16 heteroatoms. The predicted octanol–water partition coefficient (Wildman–Crippen LogP) is 2.89. The van der Waals surface area contributed by atoms with E-state index in [-0.39, 0.29) is 18.0 Å². The molecule has 0 aromatic carbocycles. The fourth-order valence-corrected chi connectivity index (χ4v) is 5.15. The molecule has 0 atom stereocenters. The second-order valence-electron chi connectivity index (χ2n) is 13.8. The maximum Gasteiger partial charge on any atom is 0.420 e. The molecule has 3 amide bonds. The van der Waals surface area contributed by atoms with Crippen LogP contribution in [-0.2, 0) is 20.8 Å². The summed E-state index contributed by atoms with van der Waals surface area (Å²) in [6.45, 7) is 16.4. The molecule has 0 spiro atoms. The summed E-state index contributed by atoms with van der Waals surface area (Å²) in [5.74, 6) is 0.112. The minimum absolute atomic E-state index is 0.0637. The summed E-state index contributed by atoms with van der Waals surface area (Å²) in [6.07, 6.45) is 5.39. The standard InChI is InChI=1S/C32H47N9O7/c1-31(2,3)47-29(45)41(30(46)48-32(4,5)6)22-23-18-33-27(34-19-23)40-16-14-38(15-17-40)25(42)8-7-9-37-10-12-39(13-11-37)28-35-20-24(21-36-28)26(43)44/h18-21H,7-17,22H2,1-6H3,(H,43,44). The molecule has 262 valence electrons. The van der Waals surface area contributed by atoms with Crippen LogP contribution in [0.5, 0.6) is 0 Å². The monoisotopic (exact) mass is 669 g/mol. The van der Waals surface area contributed by atoms with Gasteiger partial charge in [-0.1, -0.05) is 0 Å². The largest absolute Gasteiger partial charge is 0.478 e. The molecule has 0 bridgehead atoms. The van der Waals surface area contributed by atoms with Gasteiger partial charge in [-0.15, -0.1) is 0 Å². The molecule has 2 fully saturated rings. The van der Waals surface area contributed by atoms with Crippen molar-refractivity contribution in [1.82, 2.24) is 34.6 Å². The lowest BCUT2D eigenvalue weighted by molar-refractivity contribution is -0.131. The third-order valence-electron chi connectivity index (χ3n) is 7.58. The lowest BCUT2D eigenvalue weighted by atomic mass is 10.2. The Morgan fingerprint density at radius 1 is 0.729 bits per heavy atom. The molecule has 2 saturated heterocycles. The van der Waals surface area contributed by atoms with Crippen LogP contribution in [0.3, 0.4) is 0 Å². The zero-order valence-corrected chi connectivity index (χ0v) is 28.7. The van der Waals surface area contributed by atoms with Crippen LogP contribution in [0.1, 0.15) is 70.3 Å². The molecular formula is C32H47N9O7. The first-order valence-corrected chi connectivity index (χ1v) is 16.2. The number of carboxylic acid groups (broad SMARTS) is 1. The Morgan fingerprint density at radius 2 is 1.19 bits per heavy atom. The van der Waals surface area contributed by atoms with E-state index in [2.05, 4.69) is 24.8 Å². The number of hydrogen-bond donors (Lipinski definition) is 1. The van der Waals surface area contributed by atoms with Crippen molar-refractivity contribution in [2.45, 2.75) is 72.1 Å². The van der Waals surface area contributed by atoms with Crippen molar-refractivity contribution in [3.63, 3.8) is 0 Å². The van der Waals surface area contributed by atoms with Crippen LogP contribution in [-0.4, -0.2) is 134 Å². The quantitative estimate of drug-likeness (QED) is 0.413. The highest BCUT2D eigenvalue weighted by molar-refractivity contribution is 5.88. The SMILES string of the molecule is CC(C)(C)OC(=O)N(Cc1cnc(N2CCN(C(=O)CCCN3CCN(c4ncc(C(=O)O)cn4)CC3)CC2)nc1)C(=O)OC(C)(C)C. The van der Waals surface area contributed by atoms with E-state index in [0.29, 0.717) is 50.1 Å². The molecule has 48 heavy (non-hydrogen) atoms. The topological polar surface area (TPSA) is 175 Å². The normalized spacial score (nSPS) is 16.0. The van der Waals surface area contributed by atoms with Crippen LogP contribution >= 0.6 is 0 Å². The van der Waals surface area contributed by atoms with Crippen molar-refractivity contribution in [1.29, 1.82) is 0 Å². The zero-order valence-electron chi connectivity index (χ0n) is 28.7. The third-order valence-corrected chi connectivity index (χ3v) is 7.58. The molecule has 2 aromatic heterocycles. The van der Waals surface area contributed by atoms with E-state index in [4.69, 9.17) is 14.6 Å². The fraction of sp³-hybridized carbons (Fsp3) is 0.625. The lowest BCUT2D eigenvalue weighted by Crippen LogP contribution is -2.49. The molecule has 0 radical (unpaired) electrons. The van der Waals surface area contributed by atoms with E-state index >= 15 is 0 Å². The van der Waals surface area contributed by atoms with Crippen molar-refractivity contribution in [2.24, 2.45) is 0 Å². The number of aromatic nitrogens is 4. The van der Waals surface area contributed by atoms with Crippen LogP contribution in [0.2, 0.25) is 0 Å². The predicted molar refractivity (Wildman–Crippen MR) is 176 cm³/mol. The number of rotatable bonds is 9. The average Bonchev–Trinajstić information content (AvgIpc) is 3.02. The molecule has 4 heterocycles. The van der Waals surface area contributed by atoms with Gasteiger partial charge in [0.2, 0.25) is 17.8 Å². The molecule has 2 aliphatic rings. The van der Waals surface area contributed by atoms with Crippen LogP contribution in [0.4, 0.5) is 21.5 Å². The van der Waals surface area contributed by atoms with Gasteiger partial charge >= 0.3 is 18.2 Å². The van der Waals surface area contributed by atoms with Gasteiger partial charge in [0.25, 0.3) is 0 Å². The Labute approximate surface area is 281 Å². The van der Waals surface area contributed by atoms with E-state index in [0.717, 1.165) is 44.0 Å². The Bertz CT molecular complexity index is 1380. The van der Waals surface area contributed by atoms with Crippen LogP contribution in [0.15, 0.2) is 24.8 Å². The molecule has 16 nitrogen and oxygen atoms in total. The number of anilines is 2. The molecular weight excluding hydrogens is 622 g/mol. The number of ether oxygens (including phenoxy) is 2. The first kappa shape index (κ1) is 36.2. The zero-order chi connectivity index (χ0) is 35.1. The van der Waals surface area contributed by atoms with Crippen molar-refractivity contribution in [3.05, 3.63) is 35.9 Å². The Balaban J connectivity index is 1.19. The van der Waals surface area contributed by atoms with Crippen LogP contribution < -0.4 is 9.80 Å². The fourth-order valence-electron chi connectivity index (χ4n) is 5.15. The second-order valence-corrected chi connectivity index (χ2v) is 13.8. The van der Waals surface area contributed by atoms with Crippen molar-refractivity contribution in [3.8, 4) is 0 Å². The summed E-state index contributed by atoms with van der Waals surface area (Å²) >= 11 is 0. The van der Waals surface area contributed by atoms with Crippen molar-refractivity contribution >= 4 is 36.0 Å². The van der Waals surface area contributed by atoms with E-state index in [1.54, 1.807) is 53.9 Å². The van der Waals surface area contributed by atoms with E-state index in [9.17, 15) is 19.2 Å². The summed E-state index contributed by atoms with van der Waals surface area (Å²) in [6, 6.07) is 0.